The molecule has 25 heavy (non-hydrogen) atoms. The van der Waals surface area contributed by atoms with Crippen molar-refractivity contribution < 1.29 is 14.3 Å². The van der Waals surface area contributed by atoms with Gasteiger partial charge in [0.05, 0.1) is 5.56 Å². The normalized spacial score (nSPS) is 28.2. The average molecular weight is 363 g/mol. The van der Waals surface area contributed by atoms with Crippen LogP contribution in [0.25, 0.3) is 0 Å². The van der Waals surface area contributed by atoms with Gasteiger partial charge in [0.1, 0.15) is 0 Å². The van der Waals surface area contributed by atoms with Gasteiger partial charge in [0, 0.05) is 16.1 Å². The number of hydrogen-bond donors (Lipinski definition) is 1. The molecule has 2 saturated carbocycles. The first-order valence-corrected chi connectivity index (χ1v) is 8.90. The third-order valence-corrected chi connectivity index (χ3v) is 6.49. The Morgan fingerprint density at radius 3 is 2.52 bits per heavy atom. The maximum Gasteiger partial charge on any atom is 0.338 e. The molecule has 1 aromatic carbocycles. The second-order valence-electron chi connectivity index (χ2n) is 7.67. The highest BCUT2D eigenvalue weighted by atomic mass is 35.5. The van der Waals surface area contributed by atoms with Crippen LogP contribution in [0.5, 0.6) is 0 Å². The molecule has 5 nitrogen and oxygen atoms in total. The summed E-state index contributed by atoms with van der Waals surface area (Å²) in [5, 5.41) is 4.88. The SMILES string of the molecule is CC1(C)[C@@H]2CC[C@@]1(C)/C(=N/NC(=O)COC(=O)c1ccc(Cl)cc1)C2. The van der Waals surface area contributed by atoms with E-state index in [1.165, 1.54) is 6.42 Å². The fourth-order valence-corrected chi connectivity index (χ4v) is 4.19. The molecule has 3 rings (SSSR count). The smallest absolute Gasteiger partial charge is 0.338 e. The Morgan fingerprint density at radius 2 is 1.96 bits per heavy atom. The predicted molar refractivity (Wildman–Crippen MR) is 96.5 cm³/mol. The van der Waals surface area contributed by atoms with E-state index >= 15 is 0 Å². The van der Waals surface area contributed by atoms with Crippen molar-refractivity contribution in [3.8, 4) is 0 Å². The summed E-state index contributed by atoms with van der Waals surface area (Å²) < 4.78 is 5.01. The van der Waals surface area contributed by atoms with Crippen LogP contribution < -0.4 is 5.43 Å². The number of carbonyl (C=O) groups is 2. The number of hydrazone groups is 1. The minimum atomic E-state index is -0.563. The molecule has 1 aromatic rings. The molecule has 1 amide bonds. The number of halogens is 1. The van der Waals surface area contributed by atoms with Crippen LogP contribution in [0.15, 0.2) is 29.4 Å². The fraction of sp³-hybridized carbons (Fsp3) is 0.526. The number of rotatable bonds is 4. The maximum absolute atomic E-state index is 11.9. The Balaban J connectivity index is 1.54. The number of benzene rings is 1. The number of esters is 1. The molecule has 6 heteroatoms. The molecule has 0 aliphatic heterocycles. The van der Waals surface area contributed by atoms with Crippen molar-refractivity contribution in [1.82, 2.24) is 5.43 Å². The lowest BCUT2D eigenvalue weighted by molar-refractivity contribution is -0.124. The number of amides is 1. The van der Waals surface area contributed by atoms with Gasteiger partial charge >= 0.3 is 5.97 Å². The van der Waals surface area contributed by atoms with Crippen molar-refractivity contribution in [3.63, 3.8) is 0 Å². The average Bonchev–Trinajstić information content (AvgIpc) is 2.91. The molecular formula is C19H23ClN2O3. The van der Waals surface area contributed by atoms with Crippen LogP contribution in [0.1, 0.15) is 50.4 Å². The Kier molecular flexibility index (Phi) is 4.62. The van der Waals surface area contributed by atoms with E-state index in [1.807, 2.05) is 0 Å². The summed E-state index contributed by atoms with van der Waals surface area (Å²) in [4.78, 5) is 23.8. The summed E-state index contributed by atoms with van der Waals surface area (Å²) in [6.07, 6.45) is 3.24. The van der Waals surface area contributed by atoms with Crippen molar-refractivity contribution in [2.45, 2.75) is 40.0 Å². The van der Waals surface area contributed by atoms with Crippen molar-refractivity contribution in [1.29, 1.82) is 0 Å². The van der Waals surface area contributed by atoms with E-state index in [0.29, 0.717) is 16.5 Å². The van der Waals surface area contributed by atoms with Crippen LogP contribution >= 0.6 is 11.6 Å². The maximum atomic E-state index is 11.9. The van der Waals surface area contributed by atoms with Crippen LogP contribution in [0, 0.1) is 16.7 Å². The summed E-state index contributed by atoms with van der Waals surface area (Å²) in [6.45, 7) is 6.43. The number of fused-ring (bicyclic) bond motifs is 2. The highest BCUT2D eigenvalue weighted by Gasteiger charge is 2.59. The number of hydrogen-bond acceptors (Lipinski definition) is 4. The summed E-state index contributed by atoms with van der Waals surface area (Å²) in [6, 6.07) is 6.31. The molecule has 0 aromatic heterocycles. The number of nitrogens with one attached hydrogen (secondary N) is 1. The summed E-state index contributed by atoms with van der Waals surface area (Å²) in [5.74, 6) is -0.373. The van der Waals surface area contributed by atoms with Gasteiger partial charge in [-0.05, 0) is 54.9 Å². The van der Waals surface area contributed by atoms with Gasteiger partial charge in [-0.3, -0.25) is 4.79 Å². The van der Waals surface area contributed by atoms with E-state index in [-0.39, 0.29) is 17.4 Å². The summed E-state index contributed by atoms with van der Waals surface area (Å²) in [7, 11) is 0. The Bertz CT molecular complexity index is 727. The molecule has 134 valence electrons. The Labute approximate surface area is 152 Å². The fourth-order valence-electron chi connectivity index (χ4n) is 4.06. The first-order chi connectivity index (χ1) is 11.7. The first kappa shape index (κ1) is 17.9. The van der Waals surface area contributed by atoms with Crippen molar-refractivity contribution in [2.75, 3.05) is 6.61 Å². The molecule has 2 aliphatic rings. The van der Waals surface area contributed by atoms with Crippen LogP contribution in [0.3, 0.4) is 0 Å². The lowest BCUT2D eigenvalue weighted by Gasteiger charge is -2.34. The van der Waals surface area contributed by atoms with Crippen LogP contribution in [-0.2, 0) is 9.53 Å². The van der Waals surface area contributed by atoms with Gasteiger partial charge in [-0.15, -0.1) is 0 Å². The van der Waals surface area contributed by atoms with E-state index in [2.05, 4.69) is 31.3 Å². The van der Waals surface area contributed by atoms with Gasteiger partial charge in [-0.2, -0.15) is 5.10 Å². The van der Waals surface area contributed by atoms with Crippen LogP contribution in [-0.4, -0.2) is 24.2 Å². The molecule has 2 bridgehead atoms. The van der Waals surface area contributed by atoms with Gasteiger partial charge in [0.2, 0.25) is 0 Å². The zero-order valence-corrected chi connectivity index (χ0v) is 15.5. The number of carbonyl (C=O) groups excluding carboxylic acids is 2. The largest absolute Gasteiger partial charge is 0.452 e. The van der Waals surface area contributed by atoms with Gasteiger partial charge in [-0.1, -0.05) is 32.4 Å². The van der Waals surface area contributed by atoms with Gasteiger partial charge in [-0.25, -0.2) is 10.2 Å². The predicted octanol–water partition coefficient (Wildman–Crippen LogP) is 3.82. The number of nitrogens with zero attached hydrogens (tertiary/aromatic N) is 1. The van der Waals surface area contributed by atoms with E-state index in [4.69, 9.17) is 16.3 Å². The molecule has 1 N–H and O–H groups in total. The first-order valence-electron chi connectivity index (χ1n) is 8.52. The van der Waals surface area contributed by atoms with Crippen molar-refractivity contribution >= 4 is 29.2 Å². The molecule has 0 spiro atoms. The second kappa shape index (κ2) is 6.45. The molecule has 0 unspecified atom stereocenters. The zero-order chi connectivity index (χ0) is 18.2. The molecule has 0 heterocycles. The molecule has 0 radical (unpaired) electrons. The Hall–Kier alpha value is -1.88. The lowest BCUT2D eigenvalue weighted by atomic mass is 9.70. The minimum absolute atomic E-state index is 0.0327. The molecule has 2 fully saturated rings. The second-order valence-corrected chi connectivity index (χ2v) is 8.11. The summed E-state index contributed by atoms with van der Waals surface area (Å²) >= 11 is 5.77. The minimum Gasteiger partial charge on any atom is -0.452 e. The molecule has 0 saturated heterocycles. The van der Waals surface area contributed by atoms with E-state index in [9.17, 15) is 9.59 Å². The highest BCUT2D eigenvalue weighted by molar-refractivity contribution is 6.30. The number of ether oxygens (including phenoxy) is 1. The third-order valence-electron chi connectivity index (χ3n) is 6.24. The van der Waals surface area contributed by atoms with Gasteiger partial charge < -0.3 is 4.74 Å². The van der Waals surface area contributed by atoms with E-state index in [1.54, 1.807) is 24.3 Å². The van der Waals surface area contributed by atoms with Gasteiger partial charge in [0.25, 0.3) is 5.91 Å². The zero-order valence-electron chi connectivity index (χ0n) is 14.8. The quantitative estimate of drug-likeness (QED) is 0.654. The summed E-state index contributed by atoms with van der Waals surface area (Å²) in [5.41, 5.74) is 4.18. The van der Waals surface area contributed by atoms with Crippen molar-refractivity contribution in [2.24, 2.45) is 21.8 Å². The molecule has 2 atom stereocenters. The topological polar surface area (TPSA) is 67.8 Å². The molecular weight excluding hydrogens is 340 g/mol. The standard InChI is InChI=1S/C19H23ClN2O3/c1-18(2)13-8-9-19(18,3)15(10-13)21-22-16(23)11-25-17(24)12-4-6-14(20)7-5-12/h4-7,13H,8-11H2,1-3H3,(H,22,23)/b21-15+/t13-,19+/m1/s1. The monoisotopic (exact) mass is 362 g/mol. The molecule has 2 aliphatic carbocycles. The van der Waals surface area contributed by atoms with Crippen LogP contribution in [0.4, 0.5) is 0 Å². The van der Waals surface area contributed by atoms with Crippen LogP contribution in [0.2, 0.25) is 5.02 Å². The third kappa shape index (κ3) is 3.17. The highest BCUT2D eigenvalue weighted by Crippen LogP contribution is 2.63. The Morgan fingerprint density at radius 1 is 1.28 bits per heavy atom. The van der Waals surface area contributed by atoms with Gasteiger partial charge in [0.15, 0.2) is 6.61 Å². The van der Waals surface area contributed by atoms with Crippen molar-refractivity contribution in [3.05, 3.63) is 34.9 Å². The lowest BCUT2D eigenvalue weighted by Crippen LogP contribution is -2.34. The van der Waals surface area contributed by atoms with E-state index in [0.717, 1.165) is 18.6 Å². The van der Waals surface area contributed by atoms with E-state index < -0.39 is 11.9 Å².